The Morgan fingerprint density at radius 2 is 0.960 bits per heavy atom. The highest BCUT2D eigenvalue weighted by Gasteiger charge is 2.40. The van der Waals surface area contributed by atoms with E-state index < -0.39 is 0 Å². The Hall–Kier alpha value is -7.03. The van der Waals surface area contributed by atoms with Crippen molar-refractivity contribution in [3.8, 4) is 39.1 Å². The van der Waals surface area contributed by atoms with Gasteiger partial charge in [0.2, 0.25) is 0 Å². The van der Waals surface area contributed by atoms with E-state index in [0.717, 1.165) is 55.2 Å². The minimum atomic E-state index is -0.357. The number of para-hydroxylation sites is 1. The molecule has 5 nitrogen and oxygen atoms in total. The van der Waals surface area contributed by atoms with Crippen molar-refractivity contribution in [1.82, 2.24) is 4.57 Å². The number of hydrogen-bond donors (Lipinski definition) is 0. The number of nitrogens with zero attached hydrogens (tertiary/aromatic N) is 3. The number of carbonyl (C=O) groups is 2. The van der Waals surface area contributed by atoms with Crippen LogP contribution in [0.5, 0.6) is 0 Å². The third-order valence-corrected chi connectivity index (χ3v) is 9.57. The van der Waals surface area contributed by atoms with E-state index in [1.807, 2.05) is 109 Å². The number of rotatable bonds is 5. The molecule has 2 amide bonds. The first-order valence-electron chi connectivity index (χ1n) is 16.4. The number of anilines is 1. The summed E-state index contributed by atoms with van der Waals surface area (Å²) in [6, 6.07) is 53.5. The Labute approximate surface area is 288 Å². The fourth-order valence-electron chi connectivity index (χ4n) is 7.20. The molecule has 8 aromatic rings. The van der Waals surface area contributed by atoms with Gasteiger partial charge in [-0.1, -0.05) is 133 Å². The van der Waals surface area contributed by atoms with Crippen LogP contribution in [-0.2, 0) is 0 Å². The summed E-state index contributed by atoms with van der Waals surface area (Å²) in [6.45, 7) is 7.37. The molecule has 0 saturated heterocycles. The molecular weight excluding hydrogens is 615 g/mol. The van der Waals surface area contributed by atoms with Gasteiger partial charge in [0.1, 0.15) is 0 Å². The third kappa shape index (κ3) is 4.55. The van der Waals surface area contributed by atoms with Crippen molar-refractivity contribution in [1.29, 1.82) is 0 Å². The molecule has 50 heavy (non-hydrogen) atoms. The smallest absolute Gasteiger partial charge is 0.268 e. The first-order valence-corrected chi connectivity index (χ1v) is 16.4. The van der Waals surface area contributed by atoms with Gasteiger partial charge in [0.05, 0.1) is 40.1 Å². The van der Waals surface area contributed by atoms with Gasteiger partial charge >= 0.3 is 0 Å². The van der Waals surface area contributed by atoms with Crippen LogP contribution in [0.3, 0.4) is 0 Å². The summed E-state index contributed by atoms with van der Waals surface area (Å²) in [5, 5.41) is 2.07. The summed E-state index contributed by atoms with van der Waals surface area (Å²) in [5.74, 6) is -0.703. The quantitative estimate of drug-likeness (QED) is 0.139. The molecule has 1 aliphatic heterocycles. The van der Waals surface area contributed by atoms with Gasteiger partial charge in [0.15, 0.2) is 5.69 Å². The highest BCUT2D eigenvalue weighted by molar-refractivity contribution is 6.36. The monoisotopic (exact) mass is 641 g/mol. The van der Waals surface area contributed by atoms with Crippen LogP contribution in [0.4, 0.5) is 11.4 Å². The largest absolute Gasteiger partial charge is 0.308 e. The summed E-state index contributed by atoms with van der Waals surface area (Å²) in [4.78, 5) is 33.8. The van der Waals surface area contributed by atoms with Crippen molar-refractivity contribution < 1.29 is 9.59 Å². The zero-order valence-electron chi connectivity index (χ0n) is 26.7. The molecule has 0 saturated carbocycles. The molecule has 0 unspecified atom stereocenters. The highest BCUT2D eigenvalue weighted by atomic mass is 16.2. The van der Waals surface area contributed by atoms with Crippen molar-refractivity contribution in [2.45, 2.75) is 0 Å². The van der Waals surface area contributed by atoms with E-state index in [-0.39, 0.29) is 11.8 Å². The van der Waals surface area contributed by atoms with Gasteiger partial charge in [0, 0.05) is 16.3 Å². The maximum Gasteiger partial charge on any atom is 0.268 e. The topological polar surface area (TPSA) is 46.7 Å². The zero-order chi connectivity index (χ0) is 33.8. The minimum Gasteiger partial charge on any atom is -0.308 e. The first kappa shape index (κ1) is 29.1. The van der Waals surface area contributed by atoms with Gasteiger partial charge in [-0.2, -0.15) is 0 Å². The third-order valence-electron chi connectivity index (χ3n) is 9.57. The number of amides is 2. The molecule has 0 radical (unpaired) electrons. The number of aromatic nitrogens is 1. The summed E-state index contributed by atoms with van der Waals surface area (Å²) in [5.41, 5.74) is 10.2. The first-order chi connectivity index (χ1) is 24.6. The predicted molar refractivity (Wildman–Crippen MR) is 201 cm³/mol. The van der Waals surface area contributed by atoms with Gasteiger partial charge in [-0.25, -0.2) is 9.74 Å². The molecule has 2 heterocycles. The lowest BCUT2D eigenvalue weighted by molar-refractivity contribution is 0.0926. The number of imide groups is 1. The van der Waals surface area contributed by atoms with Crippen molar-refractivity contribution in [2.75, 3.05) is 4.90 Å². The van der Waals surface area contributed by atoms with Crippen molar-refractivity contribution in [2.24, 2.45) is 0 Å². The van der Waals surface area contributed by atoms with Crippen LogP contribution in [0.25, 0.3) is 65.7 Å². The lowest BCUT2D eigenvalue weighted by Gasteiger charge is -2.19. The number of hydrogen-bond acceptors (Lipinski definition) is 2. The van der Waals surface area contributed by atoms with Crippen LogP contribution in [0.2, 0.25) is 0 Å². The van der Waals surface area contributed by atoms with Crippen LogP contribution in [0, 0.1) is 6.57 Å². The highest BCUT2D eigenvalue weighted by Crippen LogP contribution is 2.42. The van der Waals surface area contributed by atoms with Crippen molar-refractivity contribution in [3.05, 3.63) is 186 Å². The van der Waals surface area contributed by atoms with Crippen LogP contribution in [-0.4, -0.2) is 16.4 Å². The molecule has 5 heteroatoms. The van der Waals surface area contributed by atoms with Gasteiger partial charge < -0.3 is 4.57 Å². The Balaban J connectivity index is 1.29. The molecule has 0 atom stereocenters. The number of benzene rings is 7. The normalized spacial score (nSPS) is 12.4. The predicted octanol–water partition coefficient (Wildman–Crippen LogP) is 11.1. The Morgan fingerprint density at radius 1 is 0.440 bits per heavy atom. The van der Waals surface area contributed by atoms with Crippen LogP contribution in [0.1, 0.15) is 20.7 Å². The molecule has 0 fully saturated rings. The van der Waals surface area contributed by atoms with Gasteiger partial charge in [-0.15, -0.1) is 0 Å². The molecule has 1 aliphatic rings. The second-order valence-corrected chi connectivity index (χ2v) is 12.4. The Morgan fingerprint density at radius 3 is 1.60 bits per heavy atom. The van der Waals surface area contributed by atoms with Crippen LogP contribution < -0.4 is 4.90 Å². The molecule has 0 spiro atoms. The summed E-state index contributed by atoms with van der Waals surface area (Å²) in [6.07, 6.45) is 0. The molecule has 1 aromatic heterocycles. The standard InChI is InChI=1S/C45H27N3O2/c1-46-34-23-19-30(20-24-34)33-22-26-37-36-25-21-32(29-11-4-2-5-12-29)27-41(36)47(42(37)28-33)40-18-10-16-38-43(40)45(50)48(44(38)49)39-17-9-8-15-35(39)31-13-6-3-7-14-31/h2-28H. The van der Waals surface area contributed by atoms with E-state index in [1.165, 1.54) is 4.90 Å². The van der Waals surface area contributed by atoms with E-state index >= 15 is 0 Å². The molecule has 0 bridgehead atoms. The van der Waals surface area contributed by atoms with E-state index in [2.05, 4.69) is 57.9 Å². The average molecular weight is 642 g/mol. The second-order valence-electron chi connectivity index (χ2n) is 12.4. The van der Waals surface area contributed by atoms with Crippen molar-refractivity contribution in [3.63, 3.8) is 0 Å². The number of fused-ring (bicyclic) bond motifs is 4. The zero-order valence-corrected chi connectivity index (χ0v) is 26.7. The Bertz CT molecular complexity index is 2690. The summed E-state index contributed by atoms with van der Waals surface area (Å²) >= 11 is 0. The van der Waals surface area contributed by atoms with E-state index in [9.17, 15) is 9.59 Å². The SMILES string of the molecule is [C-]#[N+]c1ccc(-c2ccc3c4ccc(-c5ccccc5)cc4n(-c4cccc5c4C(=O)N(c4ccccc4-c4ccccc4)C5=O)c3c2)cc1. The molecule has 234 valence electrons. The maximum absolute atomic E-state index is 14.7. The van der Waals surface area contributed by atoms with E-state index in [0.29, 0.717) is 28.2 Å². The molecule has 9 rings (SSSR count). The molecule has 7 aromatic carbocycles. The van der Waals surface area contributed by atoms with Crippen molar-refractivity contribution >= 4 is 45.0 Å². The van der Waals surface area contributed by atoms with Gasteiger partial charge in [-0.05, 0) is 58.1 Å². The van der Waals surface area contributed by atoms with Crippen LogP contribution in [0.15, 0.2) is 164 Å². The summed E-state index contributed by atoms with van der Waals surface area (Å²) < 4.78 is 2.13. The van der Waals surface area contributed by atoms with E-state index in [4.69, 9.17) is 6.57 Å². The lowest BCUT2D eigenvalue weighted by atomic mass is 10.0. The fraction of sp³-hybridized carbons (Fsp3) is 0. The minimum absolute atomic E-state index is 0.346. The number of carbonyl (C=O) groups excluding carboxylic acids is 2. The summed E-state index contributed by atoms with van der Waals surface area (Å²) in [7, 11) is 0. The van der Waals surface area contributed by atoms with Gasteiger partial charge in [-0.3, -0.25) is 9.59 Å². The average Bonchev–Trinajstić information content (AvgIpc) is 3.64. The van der Waals surface area contributed by atoms with Crippen LogP contribution >= 0.6 is 0 Å². The molecular formula is C45H27N3O2. The van der Waals surface area contributed by atoms with E-state index in [1.54, 1.807) is 6.07 Å². The Kier molecular flexibility index (Phi) is 6.75. The molecule has 0 N–H and O–H groups in total. The second kappa shape index (κ2) is 11.6. The fourth-order valence-corrected chi connectivity index (χ4v) is 7.20. The maximum atomic E-state index is 14.7. The molecule has 0 aliphatic carbocycles. The lowest BCUT2D eigenvalue weighted by Crippen LogP contribution is -2.30. The van der Waals surface area contributed by atoms with Gasteiger partial charge in [0.25, 0.3) is 11.8 Å².